The van der Waals surface area contributed by atoms with E-state index in [0.29, 0.717) is 21.1 Å². The number of thiophene rings is 2. The smallest absolute Gasteiger partial charge is 0.341 e. The average Bonchev–Trinajstić information content (AvgIpc) is 3.24. The first-order chi connectivity index (χ1) is 19.4. The number of carbonyl (C=O) groups is 4. The van der Waals surface area contributed by atoms with Gasteiger partial charge in [0.2, 0.25) is 0 Å². The van der Waals surface area contributed by atoms with E-state index in [2.05, 4.69) is 10.6 Å². The number of nitrogens with one attached hydrogen (secondary N) is 2. The average molecular weight is 581 g/mol. The molecule has 0 bridgehead atoms. The summed E-state index contributed by atoms with van der Waals surface area (Å²) >= 11 is 2.80. The van der Waals surface area contributed by atoms with Crippen molar-refractivity contribution in [2.45, 2.75) is 64.2 Å². The first kappa shape index (κ1) is 28.0. The Morgan fingerprint density at radius 3 is 1.43 bits per heavy atom. The van der Waals surface area contributed by atoms with Gasteiger partial charge in [-0.05, 0) is 74.6 Å². The normalized spacial score (nSPS) is 14.7. The Bertz CT molecular complexity index is 1360. The van der Waals surface area contributed by atoms with E-state index in [1.807, 2.05) is 0 Å². The predicted octanol–water partition coefficient (Wildman–Crippen LogP) is 6.43. The zero-order valence-corrected chi connectivity index (χ0v) is 24.3. The van der Waals surface area contributed by atoms with Crippen molar-refractivity contribution in [2.24, 2.45) is 0 Å². The summed E-state index contributed by atoms with van der Waals surface area (Å²) in [4.78, 5) is 54.7. The molecule has 2 aliphatic rings. The SMILES string of the molecule is COC(=O)c1c(NC(=O)c2ccccc2C(=O)Nc2sc3c(c2C(=O)OC)CCCCC3)sc2c1CCCCC2. The molecule has 210 valence electrons. The second-order valence-corrected chi connectivity index (χ2v) is 12.2. The van der Waals surface area contributed by atoms with Gasteiger partial charge in [0.25, 0.3) is 11.8 Å². The van der Waals surface area contributed by atoms with E-state index in [4.69, 9.17) is 9.47 Å². The summed E-state index contributed by atoms with van der Waals surface area (Å²) in [7, 11) is 2.67. The maximum absolute atomic E-state index is 13.5. The molecule has 8 nitrogen and oxygen atoms in total. The summed E-state index contributed by atoms with van der Waals surface area (Å²) in [6.07, 6.45) is 9.44. The molecule has 10 heteroatoms. The third-order valence-corrected chi connectivity index (χ3v) is 9.91. The molecule has 0 radical (unpaired) electrons. The van der Waals surface area contributed by atoms with Gasteiger partial charge in [-0.1, -0.05) is 25.0 Å². The Hall–Kier alpha value is -3.50. The van der Waals surface area contributed by atoms with Gasteiger partial charge in [-0.2, -0.15) is 0 Å². The molecule has 40 heavy (non-hydrogen) atoms. The number of amides is 2. The fraction of sp³-hybridized carbons (Fsp3) is 0.400. The fourth-order valence-electron chi connectivity index (χ4n) is 5.52. The largest absolute Gasteiger partial charge is 0.465 e. The minimum atomic E-state index is -0.498. The Morgan fingerprint density at radius 1 is 0.625 bits per heavy atom. The maximum atomic E-state index is 13.5. The van der Waals surface area contributed by atoms with Crippen LogP contribution in [0.15, 0.2) is 24.3 Å². The van der Waals surface area contributed by atoms with Crippen molar-refractivity contribution in [2.75, 3.05) is 24.9 Å². The lowest BCUT2D eigenvalue weighted by atomic mass is 10.0. The highest BCUT2D eigenvalue weighted by molar-refractivity contribution is 7.17. The van der Waals surface area contributed by atoms with Gasteiger partial charge in [-0.25, -0.2) is 9.59 Å². The van der Waals surface area contributed by atoms with Crippen molar-refractivity contribution in [3.63, 3.8) is 0 Å². The minimum absolute atomic E-state index is 0.164. The van der Waals surface area contributed by atoms with Crippen molar-refractivity contribution in [1.29, 1.82) is 0 Å². The molecular formula is C30H32N2O6S2. The molecule has 2 aliphatic carbocycles. The molecule has 2 N–H and O–H groups in total. The standard InChI is InChI=1S/C30H32N2O6S2/c1-37-29(35)23-19-13-5-3-7-15-21(19)39-27(23)31-25(33)17-11-9-10-12-18(17)26(34)32-28-24(30(36)38-2)20-14-6-4-8-16-22(20)40-28/h9-12H,3-8,13-16H2,1-2H3,(H,31,33)(H,32,34). The van der Waals surface area contributed by atoms with Crippen LogP contribution in [0.4, 0.5) is 10.0 Å². The van der Waals surface area contributed by atoms with Crippen molar-refractivity contribution in [3.8, 4) is 0 Å². The van der Waals surface area contributed by atoms with Crippen LogP contribution in [0.5, 0.6) is 0 Å². The lowest BCUT2D eigenvalue weighted by molar-refractivity contribution is 0.0592. The molecule has 0 spiro atoms. The van der Waals surface area contributed by atoms with Gasteiger partial charge in [-0.3, -0.25) is 9.59 Å². The predicted molar refractivity (Wildman–Crippen MR) is 156 cm³/mol. The number of aryl methyl sites for hydroxylation is 2. The Morgan fingerprint density at radius 2 is 1.02 bits per heavy atom. The molecule has 0 saturated carbocycles. The van der Waals surface area contributed by atoms with Gasteiger partial charge >= 0.3 is 11.9 Å². The number of esters is 2. The first-order valence-corrected chi connectivity index (χ1v) is 15.2. The molecule has 2 amide bonds. The number of hydrogen-bond acceptors (Lipinski definition) is 8. The second kappa shape index (κ2) is 12.3. The molecule has 0 unspecified atom stereocenters. The highest BCUT2D eigenvalue weighted by Crippen LogP contribution is 2.39. The second-order valence-electron chi connectivity index (χ2n) is 9.97. The van der Waals surface area contributed by atoms with Crippen molar-refractivity contribution >= 4 is 56.4 Å². The minimum Gasteiger partial charge on any atom is -0.465 e. The van der Waals surface area contributed by atoms with Crippen LogP contribution < -0.4 is 10.6 Å². The first-order valence-electron chi connectivity index (χ1n) is 13.6. The van der Waals surface area contributed by atoms with Gasteiger partial charge in [-0.15, -0.1) is 22.7 Å². The van der Waals surface area contributed by atoms with E-state index in [-0.39, 0.29) is 11.1 Å². The van der Waals surface area contributed by atoms with Crippen molar-refractivity contribution in [3.05, 3.63) is 67.4 Å². The van der Waals surface area contributed by atoms with Crippen molar-refractivity contribution < 1.29 is 28.7 Å². The molecule has 5 rings (SSSR count). The number of anilines is 2. The lowest BCUT2D eigenvalue weighted by Gasteiger charge is -2.12. The molecule has 2 aromatic heterocycles. The third kappa shape index (κ3) is 5.55. The van der Waals surface area contributed by atoms with Gasteiger partial charge < -0.3 is 20.1 Å². The van der Waals surface area contributed by atoms with Crippen LogP contribution in [0.2, 0.25) is 0 Å². The van der Waals surface area contributed by atoms with E-state index >= 15 is 0 Å². The molecule has 2 heterocycles. The Balaban J connectivity index is 1.44. The molecule has 1 aromatic carbocycles. The quantitative estimate of drug-likeness (QED) is 0.257. The van der Waals surface area contributed by atoms with Gasteiger partial charge in [0.15, 0.2) is 0 Å². The Kier molecular flexibility index (Phi) is 8.66. The van der Waals surface area contributed by atoms with Gasteiger partial charge in [0, 0.05) is 9.75 Å². The number of rotatable bonds is 6. The van der Waals surface area contributed by atoms with Gasteiger partial charge in [0.1, 0.15) is 10.0 Å². The summed E-state index contributed by atoms with van der Waals surface area (Å²) in [6.45, 7) is 0. The van der Waals surface area contributed by atoms with Gasteiger partial charge in [0.05, 0.1) is 36.5 Å². The van der Waals surface area contributed by atoms with Crippen LogP contribution in [-0.4, -0.2) is 38.0 Å². The topological polar surface area (TPSA) is 111 Å². The Labute approximate surface area is 241 Å². The molecular weight excluding hydrogens is 548 g/mol. The highest BCUT2D eigenvalue weighted by atomic mass is 32.1. The number of carbonyl (C=O) groups excluding carboxylic acids is 4. The number of hydrogen-bond donors (Lipinski definition) is 2. The number of methoxy groups -OCH3 is 2. The number of fused-ring (bicyclic) bond motifs is 2. The van der Waals surface area contributed by atoms with E-state index < -0.39 is 23.8 Å². The van der Waals surface area contributed by atoms with E-state index in [0.717, 1.165) is 85.1 Å². The van der Waals surface area contributed by atoms with E-state index in [1.54, 1.807) is 24.3 Å². The highest BCUT2D eigenvalue weighted by Gasteiger charge is 2.29. The molecule has 0 saturated heterocycles. The molecule has 0 atom stereocenters. The lowest BCUT2D eigenvalue weighted by Crippen LogP contribution is -2.21. The summed E-state index contributed by atoms with van der Waals surface area (Å²) < 4.78 is 10.1. The van der Waals surface area contributed by atoms with Crippen LogP contribution in [0, 0.1) is 0 Å². The molecule has 0 aliphatic heterocycles. The van der Waals surface area contributed by atoms with E-state index in [9.17, 15) is 19.2 Å². The maximum Gasteiger partial charge on any atom is 0.341 e. The molecule has 0 fully saturated rings. The third-order valence-electron chi connectivity index (χ3n) is 7.49. The monoisotopic (exact) mass is 580 g/mol. The van der Waals surface area contributed by atoms with Crippen LogP contribution >= 0.6 is 22.7 Å². The van der Waals surface area contributed by atoms with Crippen LogP contribution in [0.3, 0.4) is 0 Å². The zero-order chi connectivity index (χ0) is 28.2. The summed E-state index contributed by atoms with van der Waals surface area (Å²) in [5, 5.41) is 6.66. The van der Waals surface area contributed by atoms with Crippen LogP contribution in [0.25, 0.3) is 0 Å². The zero-order valence-electron chi connectivity index (χ0n) is 22.6. The number of benzene rings is 1. The summed E-state index contributed by atoms with van der Waals surface area (Å²) in [5.74, 6) is -1.95. The van der Waals surface area contributed by atoms with E-state index in [1.165, 1.54) is 36.9 Å². The van der Waals surface area contributed by atoms with Crippen LogP contribution in [-0.2, 0) is 35.2 Å². The van der Waals surface area contributed by atoms with Crippen LogP contribution in [0.1, 0.15) is 101 Å². The fourth-order valence-corrected chi connectivity index (χ4v) is 8.06. The molecule has 3 aromatic rings. The van der Waals surface area contributed by atoms with Crippen molar-refractivity contribution in [1.82, 2.24) is 0 Å². The number of ether oxygens (including phenoxy) is 2. The summed E-state index contributed by atoms with van der Waals surface area (Å²) in [5.41, 5.74) is 3.03. The summed E-state index contributed by atoms with van der Waals surface area (Å²) in [6, 6.07) is 6.52.